The molecule has 0 spiro atoms. The van der Waals surface area contributed by atoms with Gasteiger partial charge in [-0.1, -0.05) is 18.2 Å². The van der Waals surface area contributed by atoms with E-state index in [1.165, 1.54) is 0 Å². The number of aliphatic hydroxyl groups is 2. The van der Waals surface area contributed by atoms with Crippen molar-refractivity contribution in [1.82, 2.24) is 0 Å². The first kappa shape index (κ1) is 13.3. The zero-order valence-corrected chi connectivity index (χ0v) is 10.8. The minimum Gasteiger partial charge on any atom is -0.486 e. The molecule has 1 aromatic rings. The summed E-state index contributed by atoms with van der Waals surface area (Å²) in [6.45, 7) is 1.60. The summed E-state index contributed by atoms with van der Waals surface area (Å²) in [4.78, 5) is 0. The average molecular weight is 272 g/mol. The van der Waals surface area contributed by atoms with Gasteiger partial charge in [-0.25, -0.2) is 8.42 Å². The first-order chi connectivity index (χ1) is 8.39. The highest BCUT2D eigenvalue weighted by molar-refractivity contribution is 7.91. The van der Waals surface area contributed by atoms with Crippen molar-refractivity contribution in [2.75, 3.05) is 11.5 Å². The second-order valence-electron chi connectivity index (χ2n) is 4.51. The molecule has 2 N–H and O–H groups in total. The largest absolute Gasteiger partial charge is 0.486 e. The lowest BCUT2D eigenvalue weighted by atomic mass is 10.1. The van der Waals surface area contributed by atoms with E-state index in [0.29, 0.717) is 11.3 Å². The van der Waals surface area contributed by atoms with E-state index >= 15 is 0 Å². The van der Waals surface area contributed by atoms with Gasteiger partial charge in [-0.2, -0.15) is 0 Å². The van der Waals surface area contributed by atoms with Crippen LogP contribution in [-0.2, 0) is 9.84 Å². The van der Waals surface area contributed by atoms with E-state index in [4.69, 9.17) is 4.74 Å². The molecular weight excluding hydrogens is 256 g/mol. The fourth-order valence-corrected chi connectivity index (χ4v) is 3.67. The van der Waals surface area contributed by atoms with E-state index in [9.17, 15) is 18.6 Å². The summed E-state index contributed by atoms with van der Waals surface area (Å²) >= 11 is 0. The number of benzene rings is 1. The Hall–Kier alpha value is -1.11. The third-order valence-corrected chi connectivity index (χ3v) is 4.61. The molecule has 0 bridgehead atoms. The van der Waals surface area contributed by atoms with Crippen molar-refractivity contribution in [3.63, 3.8) is 0 Å². The molecule has 0 radical (unpaired) electrons. The summed E-state index contributed by atoms with van der Waals surface area (Å²) in [5, 5.41) is 19.2. The Morgan fingerprint density at radius 1 is 1.33 bits per heavy atom. The zero-order valence-electron chi connectivity index (χ0n) is 9.98. The Kier molecular flexibility index (Phi) is 3.61. The van der Waals surface area contributed by atoms with Crippen LogP contribution in [0.3, 0.4) is 0 Å². The van der Waals surface area contributed by atoms with Gasteiger partial charge in [-0.05, 0) is 13.0 Å². The smallest absolute Gasteiger partial charge is 0.156 e. The topological polar surface area (TPSA) is 83.8 Å². The first-order valence-electron chi connectivity index (χ1n) is 5.71. The Morgan fingerprint density at radius 3 is 2.56 bits per heavy atom. The van der Waals surface area contributed by atoms with Gasteiger partial charge in [0.05, 0.1) is 17.6 Å². The summed E-state index contributed by atoms with van der Waals surface area (Å²) in [6, 6.07) is 6.85. The lowest BCUT2D eigenvalue weighted by Gasteiger charge is -2.19. The lowest BCUT2D eigenvalue weighted by Crippen LogP contribution is -2.30. The summed E-state index contributed by atoms with van der Waals surface area (Å²) in [6.07, 6.45) is -2.50. The molecule has 6 heteroatoms. The van der Waals surface area contributed by atoms with Crippen LogP contribution in [0.5, 0.6) is 5.75 Å². The van der Waals surface area contributed by atoms with Gasteiger partial charge in [0.2, 0.25) is 0 Å². The van der Waals surface area contributed by atoms with Crippen LogP contribution in [0.2, 0.25) is 0 Å². The van der Waals surface area contributed by atoms with E-state index in [0.717, 1.165) is 0 Å². The molecule has 1 aliphatic heterocycles. The molecule has 0 aliphatic carbocycles. The minimum atomic E-state index is -3.24. The second kappa shape index (κ2) is 4.87. The van der Waals surface area contributed by atoms with Gasteiger partial charge in [0.1, 0.15) is 18.0 Å². The average Bonchev–Trinajstić information content (AvgIpc) is 2.52. The normalized spacial score (nSPS) is 27.9. The van der Waals surface area contributed by atoms with Crippen LogP contribution in [-0.4, -0.2) is 42.3 Å². The number of para-hydroxylation sites is 1. The molecule has 100 valence electrons. The monoisotopic (exact) mass is 272 g/mol. The summed E-state index contributed by atoms with van der Waals surface area (Å²) in [7, 11) is -3.24. The predicted octanol–water partition coefficient (Wildman–Crippen LogP) is 0.277. The number of aliphatic hydroxyl groups excluding tert-OH is 2. The van der Waals surface area contributed by atoms with Crippen LogP contribution < -0.4 is 4.74 Å². The summed E-state index contributed by atoms with van der Waals surface area (Å²) < 4.78 is 28.3. The van der Waals surface area contributed by atoms with E-state index in [-0.39, 0.29) is 11.5 Å². The van der Waals surface area contributed by atoms with E-state index in [2.05, 4.69) is 0 Å². The van der Waals surface area contributed by atoms with Crippen LogP contribution in [0.1, 0.15) is 18.6 Å². The van der Waals surface area contributed by atoms with Crippen LogP contribution in [0.4, 0.5) is 0 Å². The number of hydrogen-bond donors (Lipinski definition) is 2. The Morgan fingerprint density at radius 2 is 2.00 bits per heavy atom. The van der Waals surface area contributed by atoms with Crippen LogP contribution in [0, 0.1) is 0 Å². The molecule has 3 atom stereocenters. The molecule has 2 unspecified atom stereocenters. The molecule has 0 aromatic heterocycles. The maximum atomic E-state index is 11.4. The molecule has 5 nitrogen and oxygen atoms in total. The van der Waals surface area contributed by atoms with Gasteiger partial charge in [-0.15, -0.1) is 0 Å². The molecule has 0 saturated carbocycles. The van der Waals surface area contributed by atoms with Crippen LogP contribution in [0.25, 0.3) is 0 Å². The van der Waals surface area contributed by atoms with Gasteiger partial charge in [-0.3, -0.25) is 0 Å². The van der Waals surface area contributed by atoms with Crippen molar-refractivity contribution >= 4 is 9.84 Å². The highest BCUT2D eigenvalue weighted by Gasteiger charge is 2.38. The highest BCUT2D eigenvalue weighted by Crippen LogP contribution is 2.27. The minimum absolute atomic E-state index is 0.192. The van der Waals surface area contributed by atoms with E-state index in [1.807, 2.05) is 0 Å². The standard InChI is InChI=1S/C12H16O5S/c1-8(13)9-4-2-3-5-11(9)17-12-7-18(15,16)6-10(12)14/h2-5,8,10,12-14H,6-7H2,1H3/t8-,10?,12?/m1/s1. The van der Waals surface area contributed by atoms with Gasteiger partial charge >= 0.3 is 0 Å². The van der Waals surface area contributed by atoms with Crippen molar-refractivity contribution in [2.24, 2.45) is 0 Å². The zero-order chi connectivity index (χ0) is 13.3. The maximum Gasteiger partial charge on any atom is 0.156 e. The van der Waals surface area contributed by atoms with Crippen molar-refractivity contribution in [2.45, 2.75) is 25.2 Å². The van der Waals surface area contributed by atoms with Crippen molar-refractivity contribution < 1.29 is 23.4 Å². The van der Waals surface area contributed by atoms with E-state index in [1.54, 1.807) is 31.2 Å². The third kappa shape index (κ3) is 2.82. The molecule has 1 aromatic carbocycles. The van der Waals surface area contributed by atoms with E-state index < -0.39 is 28.1 Å². The first-order valence-corrected chi connectivity index (χ1v) is 7.53. The molecule has 18 heavy (non-hydrogen) atoms. The molecular formula is C12H16O5S. The summed E-state index contributed by atoms with van der Waals surface area (Å²) in [5.41, 5.74) is 0.578. The quantitative estimate of drug-likeness (QED) is 0.825. The number of hydrogen-bond acceptors (Lipinski definition) is 5. The predicted molar refractivity (Wildman–Crippen MR) is 66.2 cm³/mol. The van der Waals surface area contributed by atoms with Gasteiger partial charge in [0, 0.05) is 5.56 Å². The van der Waals surface area contributed by atoms with Crippen molar-refractivity contribution in [1.29, 1.82) is 0 Å². The fourth-order valence-electron chi connectivity index (χ4n) is 2.01. The third-order valence-electron chi connectivity index (χ3n) is 2.92. The molecule has 0 amide bonds. The van der Waals surface area contributed by atoms with Crippen molar-refractivity contribution in [3.05, 3.63) is 29.8 Å². The second-order valence-corrected chi connectivity index (χ2v) is 6.67. The SMILES string of the molecule is C[C@@H](O)c1ccccc1OC1CS(=O)(=O)CC1O. The van der Waals surface area contributed by atoms with Crippen LogP contribution in [0.15, 0.2) is 24.3 Å². The summed E-state index contributed by atoms with van der Waals surface area (Å²) in [5.74, 6) is -0.0507. The fraction of sp³-hybridized carbons (Fsp3) is 0.500. The van der Waals surface area contributed by atoms with Crippen LogP contribution >= 0.6 is 0 Å². The molecule has 1 saturated heterocycles. The Bertz CT molecular complexity index is 523. The van der Waals surface area contributed by atoms with Crippen molar-refractivity contribution in [3.8, 4) is 5.75 Å². The number of rotatable bonds is 3. The Balaban J connectivity index is 2.20. The maximum absolute atomic E-state index is 11.4. The van der Waals surface area contributed by atoms with Gasteiger partial charge < -0.3 is 14.9 Å². The van der Waals surface area contributed by atoms with Gasteiger partial charge in [0.25, 0.3) is 0 Å². The molecule has 2 rings (SSSR count). The molecule has 1 heterocycles. The molecule has 1 fully saturated rings. The Labute approximate surface area is 106 Å². The number of ether oxygens (including phenoxy) is 1. The number of sulfone groups is 1. The lowest BCUT2D eigenvalue weighted by molar-refractivity contribution is 0.0707. The molecule has 1 aliphatic rings. The van der Waals surface area contributed by atoms with Gasteiger partial charge in [0.15, 0.2) is 9.84 Å². The highest BCUT2D eigenvalue weighted by atomic mass is 32.2.